The Morgan fingerprint density at radius 2 is 1.71 bits per heavy atom. The minimum atomic E-state index is -0.658. The number of carbonyl (C=O) groups excluding carboxylic acids is 3. The van der Waals surface area contributed by atoms with Gasteiger partial charge in [-0.25, -0.2) is 0 Å². The minimum Gasteiger partial charge on any atom is -0.368 e. The average molecular weight is 416 g/mol. The molecular weight excluding hydrogens is 398 g/mol. The molecule has 1 saturated heterocycles. The van der Waals surface area contributed by atoms with Gasteiger partial charge in [-0.05, 0) is 42.0 Å². The van der Waals surface area contributed by atoms with Crippen LogP contribution in [0.25, 0.3) is 0 Å². The maximum atomic E-state index is 12.5. The monoisotopic (exact) mass is 415 g/mol. The van der Waals surface area contributed by atoms with E-state index in [9.17, 15) is 14.4 Å². The van der Waals surface area contributed by atoms with Crippen LogP contribution in [0.3, 0.4) is 0 Å². The molecular formula is C20H18ClN3O3S. The molecule has 1 N–H and O–H groups in total. The van der Waals surface area contributed by atoms with Gasteiger partial charge in [-0.1, -0.05) is 29.4 Å². The van der Waals surface area contributed by atoms with E-state index in [-0.39, 0.29) is 5.12 Å². The van der Waals surface area contributed by atoms with Gasteiger partial charge in [0.15, 0.2) is 5.12 Å². The molecule has 28 heavy (non-hydrogen) atoms. The van der Waals surface area contributed by atoms with Gasteiger partial charge >= 0.3 is 11.8 Å². The lowest BCUT2D eigenvalue weighted by molar-refractivity contribution is -0.143. The fourth-order valence-electron chi connectivity index (χ4n) is 3.34. The van der Waals surface area contributed by atoms with Crippen molar-refractivity contribution in [2.45, 2.75) is 11.3 Å². The highest BCUT2D eigenvalue weighted by molar-refractivity contribution is 8.14. The Labute approximate surface area is 171 Å². The zero-order valence-electron chi connectivity index (χ0n) is 15.0. The predicted molar refractivity (Wildman–Crippen MR) is 110 cm³/mol. The summed E-state index contributed by atoms with van der Waals surface area (Å²) in [4.78, 5) is 40.9. The number of anilines is 2. The molecule has 0 unspecified atom stereocenters. The van der Waals surface area contributed by atoms with Gasteiger partial charge < -0.3 is 15.1 Å². The summed E-state index contributed by atoms with van der Waals surface area (Å²) in [6.07, 6.45) is 0.408. The van der Waals surface area contributed by atoms with Crippen LogP contribution in [-0.2, 0) is 20.8 Å². The van der Waals surface area contributed by atoms with Crippen molar-refractivity contribution in [3.05, 3.63) is 53.1 Å². The van der Waals surface area contributed by atoms with Gasteiger partial charge in [0.2, 0.25) is 0 Å². The van der Waals surface area contributed by atoms with E-state index >= 15 is 0 Å². The third-order valence-corrected chi connectivity index (χ3v) is 6.06. The third-order valence-electron chi connectivity index (χ3n) is 4.84. The van der Waals surface area contributed by atoms with Crippen LogP contribution in [0.2, 0.25) is 5.02 Å². The maximum Gasteiger partial charge on any atom is 0.313 e. The SMILES string of the molecule is O=C1Cc2ccc(NC(=O)C(=O)N3CCN(c4ccc(Cl)cc4)CC3)cc2S1. The zero-order chi connectivity index (χ0) is 19.7. The molecule has 144 valence electrons. The molecule has 0 bridgehead atoms. The van der Waals surface area contributed by atoms with E-state index in [1.165, 1.54) is 11.8 Å². The molecule has 0 spiro atoms. The number of rotatable bonds is 2. The highest BCUT2D eigenvalue weighted by Crippen LogP contribution is 2.34. The smallest absolute Gasteiger partial charge is 0.313 e. The van der Waals surface area contributed by atoms with Crippen LogP contribution in [0.4, 0.5) is 11.4 Å². The van der Waals surface area contributed by atoms with Crippen LogP contribution in [0.5, 0.6) is 0 Å². The molecule has 0 saturated carbocycles. The third kappa shape index (κ3) is 4.00. The van der Waals surface area contributed by atoms with Gasteiger partial charge in [0.05, 0.1) is 0 Å². The molecule has 0 aliphatic carbocycles. The van der Waals surface area contributed by atoms with Gasteiger partial charge in [0.1, 0.15) is 0 Å². The summed E-state index contributed by atoms with van der Waals surface area (Å²) in [5.41, 5.74) is 2.53. The lowest BCUT2D eigenvalue weighted by Crippen LogP contribution is -2.51. The lowest BCUT2D eigenvalue weighted by atomic mass is 10.1. The van der Waals surface area contributed by atoms with Gasteiger partial charge in [-0.2, -0.15) is 0 Å². The molecule has 4 rings (SSSR count). The highest BCUT2D eigenvalue weighted by Gasteiger charge is 2.27. The molecule has 8 heteroatoms. The van der Waals surface area contributed by atoms with Crippen molar-refractivity contribution in [3.63, 3.8) is 0 Å². The van der Waals surface area contributed by atoms with Gasteiger partial charge in [0, 0.05) is 53.9 Å². The van der Waals surface area contributed by atoms with Crippen molar-refractivity contribution >= 4 is 51.7 Å². The van der Waals surface area contributed by atoms with Crippen LogP contribution in [0.15, 0.2) is 47.4 Å². The second kappa shape index (κ2) is 7.85. The molecule has 2 heterocycles. The molecule has 0 aromatic heterocycles. The number of hydrogen-bond acceptors (Lipinski definition) is 5. The number of hydrogen-bond donors (Lipinski definition) is 1. The van der Waals surface area contributed by atoms with E-state index in [4.69, 9.17) is 11.6 Å². The summed E-state index contributed by atoms with van der Waals surface area (Å²) in [7, 11) is 0. The number of piperazine rings is 1. The minimum absolute atomic E-state index is 0.0908. The summed E-state index contributed by atoms with van der Waals surface area (Å²) in [6.45, 7) is 2.25. The Morgan fingerprint density at radius 3 is 2.43 bits per heavy atom. The Kier molecular flexibility index (Phi) is 5.28. The molecule has 2 aliphatic heterocycles. The molecule has 0 atom stereocenters. The quantitative estimate of drug-likeness (QED) is 0.764. The van der Waals surface area contributed by atoms with Crippen molar-refractivity contribution in [1.82, 2.24) is 4.90 Å². The van der Waals surface area contributed by atoms with Crippen LogP contribution in [0.1, 0.15) is 5.56 Å². The first-order valence-electron chi connectivity index (χ1n) is 8.94. The maximum absolute atomic E-state index is 12.5. The number of thioether (sulfide) groups is 1. The Morgan fingerprint density at radius 1 is 1.00 bits per heavy atom. The molecule has 2 amide bonds. The number of carbonyl (C=O) groups is 3. The molecule has 6 nitrogen and oxygen atoms in total. The Balaban J connectivity index is 1.34. The molecule has 2 aromatic rings. The largest absolute Gasteiger partial charge is 0.368 e. The number of nitrogens with one attached hydrogen (secondary N) is 1. The fourth-order valence-corrected chi connectivity index (χ4v) is 4.39. The molecule has 2 aromatic carbocycles. The summed E-state index contributed by atoms with van der Waals surface area (Å²) < 4.78 is 0. The van der Waals surface area contributed by atoms with Gasteiger partial charge in [-0.15, -0.1) is 0 Å². The first-order chi connectivity index (χ1) is 13.5. The van der Waals surface area contributed by atoms with Crippen LogP contribution < -0.4 is 10.2 Å². The normalized spacial score (nSPS) is 16.1. The van der Waals surface area contributed by atoms with Crippen molar-refractivity contribution in [3.8, 4) is 0 Å². The van der Waals surface area contributed by atoms with Crippen molar-refractivity contribution in [2.75, 3.05) is 36.4 Å². The number of amides is 2. The van der Waals surface area contributed by atoms with E-state index in [0.717, 1.165) is 16.1 Å². The molecule has 0 radical (unpaired) electrons. The van der Waals surface area contributed by atoms with Crippen molar-refractivity contribution < 1.29 is 14.4 Å². The first kappa shape index (κ1) is 18.8. The van der Waals surface area contributed by atoms with E-state index in [1.807, 2.05) is 30.3 Å². The summed E-state index contributed by atoms with van der Waals surface area (Å²) >= 11 is 7.09. The number of nitrogens with zero attached hydrogens (tertiary/aromatic N) is 2. The van der Waals surface area contributed by atoms with Crippen molar-refractivity contribution in [1.29, 1.82) is 0 Å². The number of benzene rings is 2. The average Bonchev–Trinajstić information content (AvgIpc) is 3.07. The number of fused-ring (bicyclic) bond motifs is 1. The highest BCUT2D eigenvalue weighted by atomic mass is 35.5. The first-order valence-corrected chi connectivity index (χ1v) is 10.1. The van der Waals surface area contributed by atoms with Gasteiger partial charge in [0.25, 0.3) is 0 Å². The van der Waals surface area contributed by atoms with E-state index in [2.05, 4.69) is 10.2 Å². The molecule has 2 aliphatic rings. The second-order valence-corrected chi connectivity index (χ2v) is 8.22. The van der Waals surface area contributed by atoms with Crippen LogP contribution >= 0.6 is 23.4 Å². The van der Waals surface area contributed by atoms with E-state index in [1.54, 1.807) is 17.0 Å². The van der Waals surface area contributed by atoms with Crippen LogP contribution in [0, 0.1) is 0 Å². The molecule has 1 fully saturated rings. The van der Waals surface area contributed by atoms with Crippen LogP contribution in [-0.4, -0.2) is 48.0 Å². The Bertz CT molecular complexity index is 940. The van der Waals surface area contributed by atoms with Crippen molar-refractivity contribution in [2.24, 2.45) is 0 Å². The van der Waals surface area contributed by atoms with E-state index in [0.29, 0.717) is 43.3 Å². The summed E-state index contributed by atoms with van der Waals surface area (Å²) in [6, 6.07) is 12.9. The zero-order valence-corrected chi connectivity index (χ0v) is 16.6. The predicted octanol–water partition coefficient (Wildman–Crippen LogP) is 2.80. The topological polar surface area (TPSA) is 69.7 Å². The summed E-state index contributed by atoms with van der Waals surface area (Å²) in [5, 5.41) is 3.42. The second-order valence-electron chi connectivity index (χ2n) is 6.68. The Hall–Kier alpha value is -2.51. The van der Waals surface area contributed by atoms with E-state index < -0.39 is 11.8 Å². The summed E-state index contributed by atoms with van der Waals surface area (Å²) in [5.74, 6) is -1.20. The number of halogens is 1. The lowest BCUT2D eigenvalue weighted by Gasteiger charge is -2.35. The fraction of sp³-hybridized carbons (Fsp3) is 0.250. The van der Waals surface area contributed by atoms with Gasteiger partial charge in [-0.3, -0.25) is 14.4 Å². The standard InChI is InChI=1S/C20H18ClN3O3S/c21-14-2-5-16(6-3-14)23-7-9-24(10-8-23)20(27)19(26)22-15-4-1-13-11-18(25)28-17(13)12-15/h1-6,12H,7-11H2,(H,22,26).